The summed E-state index contributed by atoms with van der Waals surface area (Å²) in [6, 6.07) is 21.0. The molecule has 0 fully saturated rings. The number of methoxy groups -OCH3 is 1. The Morgan fingerprint density at radius 1 is 0.638 bits per heavy atom. The quantitative estimate of drug-likeness (QED) is 0.0403. The molecule has 0 amide bonds. The summed E-state index contributed by atoms with van der Waals surface area (Å²) in [5.41, 5.74) is 0.479. The van der Waals surface area contributed by atoms with Gasteiger partial charge >= 0.3 is 23.9 Å². The molecule has 4 aromatic rings. The fourth-order valence-corrected chi connectivity index (χ4v) is 4.45. The van der Waals surface area contributed by atoms with E-state index < -0.39 is 17.9 Å². The molecule has 0 aromatic heterocycles. The minimum atomic E-state index is -0.629. The van der Waals surface area contributed by atoms with E-state index in [0.29, 0.717) is 30.3 Å². The highest BCUT2D eigenvalue weighted by atomic mass is 16.6. The Morgan fingerprint density at radius 3 is 2.02 bits per heavy atom. The third kappa shape index (κ3) is 10.1. The number of ether oxygens (including phenoxy) is 6. The molecule has 0 heterocycles. The highest BCUT2D eigenvalue weighted by Crippen LogP contribution is 2.30. The molecule has 0 spiro atoms. The standard InChI is InChI=1S/C37H34O10/c1-4-34(38)45-31-15-13-25-22-27(12-11-26(25)23-31)37(41)47-32-20-14-28(24-33(32)42-3)36(40)46-30-18-16-29(17-19-30)44-21-9-7-6-8-10-35(39)43-5-2/h4-5,11-20,22-24H,1-2,6-10,21H2,3H3. The van der Waals surface area contributed by atoms with Crippen molar-refractivity contribution in [2.24, 2.45) is 0 Å². The van der Waals surface area contributed by atoms with Crippen LogP contribution in [0.4, 0.5) is 0 Å². The second-order valence-electron chi connectivity index (χ2n) is 10.1. The van der Waals surface area contributed by atoms with Crippen molar-refractivity contribution >= 4 is 34.6 Å². The minimum Gasteiger partial charge on any atom is -0.494 e. The summed E-state index contributed by atoms with van der Waals surface area (Å²) >= 11 is 0. The van der Waals surface area contributed by atoms with E-state index in [9.17, 15) is 19.2 Å². The van der Waals surface area contributed by atoms with Gasteiger partial charge in [-0.25, -0.2) is 14.4 Å². The Hall–Kier alpha value is -5.90. The van der Waals surface area contributed by atoms with Crippen LogP contribution >= 0.6 is 0 Å². The highest BCUT2D eigenvalue weighted by Gasteiger charge is 2.17. The summed E-state index contributed by atoms with van der Waals surface area (Å²) in [7, 11) is 1.40. The van der Waals surface area contributed by atoms with Crippen LogP contribution in [0.3, 0.4) is 0 Å². The lowest BCUT2D eigenvalue weighted by atomic mass is 10.1. The van der Waals surface area contributed by atoms with Gasteiger partial charge < -0.3 is 28.4 Å². The third-order valence-corrected chi connectivity index (χ3v) is 6.83. The zero-order chi connectivity index (χ0) is 33.6. The zero-order valence-electron chi connectivity index (χ0n) is 25.9. The second-order valence-corrected chi connectivity index (χ2v) is 10.1. The molecule has 0 aliphatic heterocycles. The van der Waals surface area contributed by atoms with Crippen LogP contribution in [0.2, 0.25) is 0 Å². The number of benzene rings is 4. The number of carbonyl (C=O) groups is 4. The van der Waals surface area contributed by atoms with Crippen molar-refractivity contribution in [1.29, 1.82) is 0 Å². The summed E-state index contributed by atoms with van der Waals surface area (Å²) in [6.07, 6.45) is 5.97. The minimum absolute atomic E-state index is 0.123. The molecule has 0 atom stereocenters. The SMILES string of the molecule is C=COC(=O)CCCCCCOc1ccc(OC(=O)c2ccc(OC(=O)c3ccc4cc(OC(=O)C=C)ccc4c3)c(OC)c2)cc1. The van der Waals surface area contributed by atoms with Gasteiger partial charge in [-0.1, -0.05) is 38.1 Å². The summed E-state index contributed by atoms with van der Waals surface area (Å²) in [6.45, 7) is 7.26. The molecule has 10 heteroatoms. The molecule has 0 saturated carbocycles. The van der Waals surface area contributed by atoms with Crippen LogP contribution in [0.25, 0.3) is 10.8 Å². The molecule has 0 saturated heterocycles. The molecule has 0 radical (unpaired) electrons. The van der Waals surface area contributed by atoms with Crippen molar-refractivity contribution in [3.63, 3.8) is 0 Å². The number of rotatable bonds is 16. The van der Waals surface area contributed by atoms with E-state index in [1.165, 1.54) is 25.3 Å². The Kier molecular flexibility index (Phi) is 12.3. The largest absolute Gasteiger partial charge is 0.494 e. The van der Waals surface area contributed by atoms with Gasteiger partial charge in [-0.05, 0) is 90.3 Å². The van der Waals surface area contributed by atoms with Gasteiger partial charge in [0, 0.05) is 12.5 Å². The number of fused-ring (bicyclic) bond motifs is 1. The van der Waals surface area contributed by atoms with Crippen molar-refractivity contribution in [2.45, 2.75) is 32.1 Å². The molecule has 0 bridgehead atoms. The first-order valence-corrected chi connectivity index (χ1v) is 14.8. The summed E-state index contributed by atoms with van der Waals surface area (Å²) in [5, 5.41) is 1.49. The topological polar surface area (TPSA) is 124 Å². The molecular formula is C37H34O10. The molecule has 0 aliphatic carbocycles. The van der Waals surface area contributed by atoms with Gasteiger partial charge in [-0.2, -0.15) is 0 Å². The fraction of sp³-hybridized carbons (Fsp3) is 0.189. The normalized spacial score (nSPS) is 10.4. The van der Waals surface area contributed by atoms with E-state index >= 15 is 0 Å². The molecular weight excluding hydrogens is 604 g/mol. The monoisotopic (exact) mass is 638 g/mol. The average Bonchev–Trinajstić information content (AvgIpc) is 3.08. The average molecular weight is 639 g/mol. The van der Waals surface area contributed by atoms with Crippen LogP contribution in [-0.4, -0.2) is 37.6 Å². The van der Waals surface area contributed by atoms with Crippen molar-refractivity contribution in [3.05, 3.63) is 115 Å². The van der Waals surface area contributed by atoms with Gasteiger partial charge in [0.25, 0.3) is 0 Å². The summed E-state index contributed by atoms with van der Waals surface area (Å²) in [4.78, 5) is 48.6. The highest BCUT2D eigenvalue weighted by molar-refractivity contribution is 5.97. The van der Waals surface area contributed by atoms with Crippen LogP contribution in [0.5, 0.6) is 28.7 Å². The lowest BCUT2D eigenvalue weighted by Crippen LogP contribution is -2.11. The van der Waals surface area contributed by atoms with Crippen molar-refractivity contribution in [1.82, 2.24) is 0 Å². The van der Waals surface area contributed by atoms with E-state index in [1.54, 1.807) is 60.7 Å². The van der Waals surface area contributed by atoms with E-state index in [1.807, 2.05) is 0 Å². The van der Waals surface area contributed by atoms with Crippen LogP contribution in [-0.2, 0) is 14.3 Å². The first-order chi connectivity index (χ1) is 22.8. The van der Waals surface area contributed by atoms with Gasteiger partial charge in [0.15, 0.2) is 11.5 Å². The molecule has 4 aromatic carbocycles. The maximum atomic E-state index is 13.0. The number of unbranched alkanes of at least 4 members (excludes halogenated alkanes) is 3. The van der Waals surface area contributed by atoms with Crippen LogP contribution in [0.1, 0.15) is 52.8 Å². The van der Waals surface area contributed by atoms with Gasteiger partial charge in [0.05, 0.1) is 31.1 Å². The van der Waals surface area contributed by atoms with E-state index in [-0.39, 0.29) is 28.6 Å². The first-order valence-electron chi connectivity index (χ1n) is 14.8. The lowest BCUT2D eigenvalue weighted by molar-refractivity contribution is -0.138. The van der Waals surface area contributed by atoms with Gasteiger partial charge in [0.2, 0.25) is 0 Å². The molecule has 0 N–H and O–H groups in total. The Labute approximate surface area is 272 Å². The molecule has 47 heavy (non-hydrogen) atoms. The maximum absolute atomic E-state index is 13.0. The van der Waals surface area contributed by atoms with Crippen LogP contribution in [0, 0.1) is 0 Å². The molecule has 0 aliphatic rings. The summed E-state index contributed by atoms with van der Waals surface area (Å²) < 4.78 is 32.0. The predicted molar refractivity (Wildman–Crippen MR) is 174 cm³/mol. The van der Waals surface area contributed by atoms with Gasteiger partial charge in [0.1, 0.15) is 17.2 Å². The Balaban J connectivity index is 1.28. The molecule has 10 nitrogen and oxygen atoms in total. The zero-order valence-corrected chi connectivity index (χ0v) is 25.9. The number of hydrogen-bond acceptors (Lipinski definition) is 10. The number of carbonyl (C=O) groups excluding carboxylic acids is 4. The number of esters is 4. The first kappa shape index (κ1) is 34.0. The molecule has 0 unspecified atom stereocenters. The van der Waals surface area contributed by atoms with Crippen molar-refractivity contribution in [3.8, 4) is 28.7 Å². The molecule has 242 valence electrons. The van der Waals surface area contributed by atoms with Crippen LogP contribution in [0.15, 0.2) is 104 Å². The van der Waals surface area contributed by atoms with E-state index in [4.69, 9.17) is 23.7 Å². The lowest BCUT2D eigenvalue weighted by Gasteiger charge is -2.12. The molecule has 4 rings (SSSR count). The predicted octanol–water partition coefficient (Wildman–Crippen LogP) is 7.39. The van der Waals surface area contributed by atoms with Gasteiger partial charge in [-0.15, -0.1) is 0 Å². The smallest absolute Gasteiger partial charge is 0.343 e. The fourth-order valence-electron chi connectivity index (χ4n) is 4.45. The maximum Gasteiger partial charge on any atom is 0.343 e. The van der Waals surface area contributed by atoms with Crippen molar-refractivity contribution in [2.75, 3.05) is 13.7 Å². The van der Waals surface area contributed by atoms with Crippen LogP contribution < -0.4 is 23.7 Å². The Bertz CT molecular complexity index is 1760. The van der Waals surface area contributed by atoms with E-state index in [0.717, 1.165) is 48.8 Å². The van der Waals surface area contributed by atoms with E-state index in [2.05, 4.69) is 17.9 Å². The third-order valence-electron chi connectivity index (χ3n) is 6.83. The summed E-state index contributed by atoms with van der Waals surface area (Å²) in [5.74, 6) is -0.493. The van der Waals surface area contributed by atoms with Gasteiger partial charge in [-0.3, -0.25) is 4.79 Å². The second kappa shape index (κ2) is 17.0. The Morgan fingerprint density at radius 2 is 1.28 bits per heavy atom. The number of hydrogen-bond donors (Lipinski definition) is 0. The van der Waals surface area contributed by atoms with Crippen molar-refractivity contribution < 1.29 is 47.6 Å².